The molecule has 1 aromatic heterocycles. The highest BCUT2D eigenvalue weighted by Gasteiger charge is 2.10. The summed E-state index contributed by atoms with van der Waals surface area (Å²) in [5, 5.41) is 7.09. The van der Waals surface area contributed by atoms with Crippen LogP contribution in [0.1, 0.15) is 22.3 Å². The van der Waals surface area contributed by atoms with Crippen LogP contribution >= 0.6 is 11.3 Å². The summed E-state index contributed by atoms with van der Waals surface area (Å²) in [6.07, 6.45) is 1.73. The lowest BCUT2D eigenvalue weighted by Crippen LogP contribution is -1.94. The smallest absolute Gasteiger partial charge is 0.203 e. The first-order valence-electron chi connectivity index (χ1n) is 8.56. The average Bonchev–Trinajstić information content (AvgIpc) is 3.09. The minimum absolute atomic E-state index is 0.670. The van der Waals surface area contributed by atoms with E-state index < -0.39 is 0 Å². The Morgan fingerprint density at radius 3 is 2.37 bits per heavy atom. The van der Waals surface area contributed by atoms with E-state index in [1.54, 1.807) is 20.4 Å². The van der Waals surface area contributed by atoms with Gasteiger partial charge < -0.3 is 9.47 Å². The van der Waals surface area contributed by atoms with Crippen LogP contribution in [0.2, 0.25) is 0 Å². The molecule has 0 bridgehead atoms. The van der Waals surface area contributed by atoms with Crippen molar-refractivity contribution in [3.05, 3.63) is 58.0 Å². The molecule has 0 amide bonds. The summed E-state index contributed by atoms with van der Waals surface area (Å²) in [4.78, 5) is 4.67. The van der Waals surface area contributed by atoms with Gasteiger partial charge in [0.1, 0.15) is 0 Å². The van der Waals surface area contributed by atoms with Gasteiger partial charge in [-0.15, -0.1) is 11.3 Å². The Bertz CT molecular complexity index is 956. The Morgan fingerprint density at radius 2 is 1.70 bits per heavy atom. The number of ether oxygens (including phenoxy) is 2. The SMILES string of the molecule is COc1ccc(/C=N\Nc2nc(-c3c(C)cc(C)cc3C)cs2)cc1OC. The summed E-state index contributed by atoms with van der Waals surface area (Å²) in [5.41, 5.74) is 9.80. The number of methoxy groups -OCH3 is 2. The molecular weight excluding hydrogens is 358 g/mol. The highest BCUT2D eigenvalue weighted by molar-refractivity contribution is 7.14. The Hall–Kier alpha value is -2.86. The second-order valence-electron chi connectivity index (χ2n) is 6.30. The number of aromatic nitrogens is 1. The first-order chi connectivity index (χ1) is 13.0. The molecule has 1 N–H and O–H groups in total. The maximum absolute atomic E-state index is 5.31. The van der Waals surface area contributed by atoms with Crippen molar-refractivity contribution in [3.8, 4) is 22.8 Å². The molecule has 1 heterocycles. The van der Waals surface area contributed by atoms with Crippen molar-refractivity contribution in [2.45, 2.75) is 20.8 Å². The van der Waals surface area contributed by atoms with Crippen LogP contribution in [0.4, 0.5) is 5.13 Å². The third kappa shape index (κ3) is 4.28. The van der Waals surface area contributed by atoms with E-state index in [1.807, 2.05) is 18.2 Å². The second-order valence-corrected chi connectivity index (χ2v) is 7.15. The largest absolute Gasteiger partial charge is 0.493 e. The van der Waals surface area contributed by atoms with Gasteiger partial charge in [0.05, 0.1) is 26.1 Å². The van der Waals surface area contributed by atoms with Crippen LogP contribution in [0, 0.1) is 20.8 Å². The number of nitrogens with one attached hydrogen (secondary N) is 1. The lowest BCUT2D eigenvalue weighted by Gasteiger charge is -2.08. The first kappa shape index (κ1) is 18.9. The van der Waals surface area contributed by atoms with Crippen LogP contribution in [-0.4, -0.2) is 25.4 Å². The number of aryl methyl sites for hydroxylation is 3. The van der Waals surface area contributed by atoms with Gasteiger partial charge in [-0.3, -0.25) is 5.43 Å². The predicted molar refractivity (Wildman–Crippen MR) is 113 cm³/mol. The maximum Gasteiger partial charge on any atom is 0.203 e. The number of benzene rings is 2. The summed E-state index contributed by atoms with van der Waals surface area (Å²) < 4.78 is 10.6. The predicted octanol–water partition coefficient (Wildman–Crippen LogP) is 5.20. The topological polar surface area (TPSA) is 55.7 Å². The monoisotopic (exact) mass is 381 g/mol. The molecule has 0 saturated carbocycles. The third-order valence-corrected chi connectivity index (χ3v) is 4.97. The molecule has 0 spiro atoms. The summed E-state index contributed by atoms with van der Waals surface area (Å²) >= 11 is 1.53. The molecule has 27 heavy (non-hydrogen) atoms. The molecule has 0 aliphatic heterocycles. The van der Waals surface area contributed by atoms with Gasteiger partial charge in [0, 0.05) is 10.9 Å². The number of rotatable bonds is 6. The fourth-order valence-electron chi connectivity index (χ4n) is 3.12. The van der Waals surface area contributed by atoms with Crippen molar-refractivity contribution in [1.82, 2.24) is 4.98 Å². The van der Waals surface area contributed by atoms with Crippen LogP contribution < -0.4 is 14.9 Å². The van der Waals surface area contributed by atoms with Gasteiger partial charge in [-0.2, -0.15) is 5.10 Å². The number of anilines is 1. The third-order valence-electron chi connectivity index (χ3n) is 4.22. The Kier molecular flexibility index (Phi) is 5.76. The van der Waals surface area contributed by atoms with E-state index in [9.17, 15) is 0 Å². The van der Waals surface area contributed by atoms with Crippen molar-refractivity contribution in [1.29, 1.82) is 0 Å². The van der Waals surface area contributed by atoms with Crippen LogP contribution in [0.5, 0.6) is 11.5 Å². The molecule has 3 aromatic rings. The molecule has 5 nitrogen and oxygen atoms in total. The molecule has 2 aromatic carbocycles. The van der Waals surface area contributed by atoms with Crippen molar-refractivity contribution >= 4 is 22.7 Å². The van der Waals surface area contributed by atoms with Gasteiger partial charge in [-0.25, -0.2) is 4.98 Å². The average molecular weight is 382 g/mol. The zero-order valence-corrected chi connectivity index (χ0v) is 17.0. The van der Waals surface area contributed by atoms with E-state index in [0.29, 0.717) is 11.5 Å². The van der Waals surface area contributed by atoms with E-state index in [-0.39, 0.29) is 0 Å². The maximum atomic E-state index is 5.31. The molecule has 0 unspecified atom stereocenters. The number of hydrogen-bond donors (Lipinski definition) is 1. The molecule has 0 fully saturated rings. The minimum Gasteiger partial charge on any atom is -0.493 e. The van der Waals surface area contributed by atoms with E-state index in [2.05, 4.69) is 53.8 Å². The van der Waals surface area contributed by atoms with Crippen molar-refractivity contribution in [3.63, 3.8) is 0 Å². The molecule has 6 heteroatoms. The molecule has 140 valence electrons. The number of nitrogens with zero attached hydrogens (tertiary/aromatic N) is 2. The molecule has 0 aliphatic rings. The van der Waals surface area contributed by atoms with Crippen molar-refractivity contribution in [2.24, 2.45) is 5.10 Å². The molecule has 0 atom stereocenters. The van der Waals surface area contributed by atoms with E-state index >= 15 is 0 Å². The van der Waals surface area contributed by atoms with Gasteiger partial charge in [0.2, 0.25) is 5.13 Å². The van der Waals surface area contributed by atoms with Gasteiger partial charge in [0.15, 0.2) is 11.5 Å². The van der Waals surface area contributed by atoms with E-state index in [0.717, 1.165) is 16.4 Å². The van der Waals surface area contributed by atoms with Gasteiger partial charge in [0.25, 0.3) is 0 Å². The van der Waals surface area contributed by atoms with Crippen molar-refractivity contribution in [2.75, 3.05) is 19.6 Å². The Labute approximate surface area is 163 Å². The zero-order chi connectivity index (χ0) is 19.4. The van der Waals surface area contributed by atoms with Gasteiger partial charge in [-0.1, -0.05) is 17.7 Å². The fourth-order valence-corrected chi connectivity index (χ4v) is 3.77. The Morgan fingerprint density at radius 1 is 1.00 bits per heavy atom. The quantitative estimate of drug-likeness (QED) is 0.471. The van der Waals surface area contributed by atoms with Crippen LogP contribution in [0.15, 0.2) is 40.8 Å². The van der Waals surface area contributed by atoms with Crippen LogP contribution in [0.25, 0.3) is 11.3 Å². The van der Waals surface area contributed by atoms with E-state index in [1.165, 1.54) is 33.6 Å². The second kappa shape index (κ2) is 8.22. The molecular formula is C21H23N3O2S. The summed E-state index contributed by atoms with van der Waals surface area (Å²) in [6, 6.07) is 10.0. The minimum atomic E-state index is 0.670. The standard InChI is InChI=1S/C21H23N3O2S/c1-13-8-14(2)20(15(3)9-13)17-12-27-21(23-17)24-22-11-16-6-7-18(25-4)19(10-16)26-5/h6-12H,1-5H3,(H,23,24)/b22-11-. The zero-order valence-electron chi connectivity index (χ0n) is 16.2. The molecule has 0 saturated heterocycles. The van der Waals surface area contributed by atoms with Gasteiger partial charge in [-0.05, 0) is 55.7 Å². The number of hydrazone groups is 1. The molecule has 3 rings (SSSR count). The van der Waals surface area contributed by atoms with E-state index in [4.69, 9.17) is 9.47 Å². The summed E-state index contributed by atoms with van der Waals surface area (Å²) in [6.45, 7) is 6.36. The number of thiazole rings is 1. The first-order valence-corrected chi connectivity index (χ1v) is 9.44. The lowest BCUT2D eigenvalue weighted by atomic mass is 9.98. The highest BCUT2D eigenvalue weighted by atomic mass is 32.1. The number of hydrogen-bond acceptors (Lipinski definition) is 6. The Balaban J connectivity index is 1.74. The summed E-state index contributed by atoms with van der Waals surface area (Å²) in [7, 11) is 3.23. The van der Waals surface area contributed by atoms with Gasteiger partial charge >= 0.3 is 0 Å². The lowest BCUT2D eigenvalue weighted by molar-refractivity contribution is 0.355. The molecule has 0 radical (unpaired) electrons. The normalized spacial score (nSPS) is 11.0. The fraction of sp³-hybridized carbons (Fsp3) is 0.238. The summed E-state index contributed by atoms with van der Waals surface area (Å²) in [5.74, 6) is 1.36. The van der Waals surface area contributed by atoms with Crippen molar-refractivity contribution < 1.29 is 9.47 Å². The highest BCUT2D eigenvalue weighted by Crippen LogP contribution is 2.31. The molecule has 0 aliphatic carbocycles. The van der Waals surface area contributed by atoms with Crippen LogP contribution in [0.3, 0.4) is 0 Å². The van der Waals surface area contributed by atoms with Crippen LogP contribution in [-0.2, 0) is 0 Å².